The summed E-state index contributed by atoms with van der Waals surface area (Å²) in [5.74, 6) is -0.117. The molecule has 0 spiro atoms. The Morgan fingerprint density at radius 1 is 1.23 bits per heavy atom. The molecule has 0 saturated carbocycles. The minimum Gasteiger partial charge on any atom is -0.494 e. The number of carbonyl (C=O) groups is 1. The summed E-state index contributed by atoms with van der Waals surface area (Å²) in [4.78, 5) is 12.0. The van der Waals surface area contributed by atoms with Crippen LogP contribution in [0, 0.1) is 5.82 Å². The van der Waals surface area contributed by atoms with Crippen LogP contribution in [-0.2, 0) is 37.5 Å². The molecule has 1 heterocycles. The van der Waals surface area contributed by atoms with Crippen molar-refractivity contribution < 1.29 is 36.6 Å². The van der Waals surface area contributed by atoms with Gasteiger partial charge in [-0.05, 0) is 43.3 Å². The Morgan fingerprint density at radius 3 is 2.73 bits per heavy atom. The van der Waals surface area contributed by atoms with Crippen LogP contribution in [0.15, 0.2) is 41.3 Å². The summed E-state index contributed by atoms with van der Waals surface area (Å²) in [7, 11) is -3.77. The smallest absolute Gasteiger partial charge is 0.307 e. The molecule has 8 nitrogen and oxygen atoms in total. The second kappa shape index (κ2) is 9.88. The van der Waals surface area contributed by atoms with Crippen molar-refractivity contribution >= 4 is 16.0 Å². The van der Waals surface area contributed by atoms with Crippen molar-refractivity contribution in [1.29, 1.82) is 0 Å². The largest absolute Gasteiger partial charge is 0.494 e. The van der Waals surface area contributed by atoms with Gasteiger partial charge in [-0.2, -0.15) is 0 Å². The fraction of sp³-hybridized carbons (Fsp3) is 0.350. The third-order valence-corrected chi connectivity index (χ3v) is 5.68. The Hall–Kier alpha value is -2.69. The second-order valence-electron chi connectivity index (χ2n) is 6.38. The maximum Gasteiger partial charge on any atom is 0.307 e. The summed E-state index contributed by atoms with van der Waals surface area (Å²) in [5.41, 5.74) is 0.923. The highest BCUT2D eigenvalue weighted by Crippen LogP contribution is 2.30. The Balaban J connectivity index is 1.50. The highest BCUT2D eigenvalue weighted by molar-refractivity contribution is 7.89. The number of esters is 1. The fourth-order valence-electron chi connectivity index (χ4n) is 2.85. The van der Waals surface area contributed by atoms with Gasteiger partial charge in [0.05, 0.1) is 24.5 Å². The van der Waals surface area contributed by atoms with Gasteiger partial charge in [-0.1, -0.05) is 0 Å². The van der Waals surface area contributed by atoms with Crippen LogP contribution < -0.4 is 14.2 Å². The van der Waals surface area contributed by atoms with E-state index in [0.29, 0.717) is 29.2 Å². The van der Waals surface area contributed by atoms with Crippen LogP contribution in [0.3, 0.4) is 0 Å². The highest BCUT2D eigenvalue weighted by Gasteiger charge is 2.19. The van der Waals surface area contributed by atoms with E-state index in [1.54, 1.807) is 12.1 Å². The van der Waals surface area contributed by atoms with E-state index in [9.17, 15) is 17.6 Å². The Bertz CT molecular complexity index is 993. The van der Waals surface area contributed by atoms with Gasteiger partial charge < -0.3 is 18.9 Å². The molecule has 1 aliphatic heterocycles. The Kier molecular flexibility index (Phi) is 7.24. The number of sulfonamides is 1. The molecular weight excluding hydrogens is 417 g/mol. The van der Waals surface area contributed by atoms with Crippen molar-refractivity contribution in [2.75, 3.05) is 19.9 Å². The molecule has 0 unspecified atom stereocenters. The van der Waals surface area contributed by atoms with Gasteiger partial charge in [-0.15, -0.1) is 0 Å². The van der Waals surface area contributed by atoms with Crippen LogP contribution in [0.4, 0.5) is 4.39 Å². The zero-order chi connectivity index (χ0) is 21.6. The predicted molar refractivity (Wildman–Crippen MR) is 104 cm³/mol. The third kappa shape index (κ3) is 5.68. The number of nitrogens with one attached hydrogen (secondary N) is 1. The number of carbonyl (C=O) groups excluding carboxylic acids is 1. The van der Waals surface area contributed by atoms with E-state index >= 15 is 0 Å². The van der Waals surface area contributed by atoms with E-state index < -0.39 is 21.8 Å². The SMILES string of the molecule is CCOc1ccc(S(=O)(=O)NCCC(=O)OCc2cc(F)cc3c2OCOC3)cc1. The Morgan fingerprint density at radius 2 is 2.00 bits per heavy atom. The number of fused-ring (bicyclic) bond motifs is 1. The molecule has 2 aromatic rings. The lowest BCUT2D eigenvalue weighted by atomic mass is 10.1. The maximum absolute atomic E-state index is 13.7. The zero-order valence-corrected chi connectivity index (χ0v) is 17.2. The minimum atomic E-state index is -3.77. The number of hydrogen-bond donors (Lipinski definition) is 1. The van der Waals surface area contributed by atoms with Crippen LogP contribution in [0.2, 0.25) is 0 Å². The molecule has 0 bridgehead atoms. The third-order valence-electron chi connectivity index (χ3n) is 4.21. The summed E-state index contributed by atoms with van der Waals surface area (Å²) in [6, 6.07) is 8.48. The lowest BCUT2D eigenvalue weighted by molar-refractivity contribution is -0.144. The van der Waals surface area contributed by atoms with Gasteiger partial charge in [0.1, 0.15) is 23.9 Å². The standard InChI is InChI=1S/C20H22FNO7S/c1-2-27-17-3-5-18(6-4-17)30(24,25)22-8-7-19(23)28-12-15-10-16(21)9-14-11-26-13-29-20(14)15/h3-6,9-10,22H,2,7-8,11-13H2,1H3. The molecule has 0 radical (unpaired) electrons. The van der Waals surface area contributed by atoms with E-state index in [-0.39, 0.29) is 37.9 Å². The van der Waals surface area contributed by atoms with Crippen molar-refractivity contribution in [3.8, 4) is 11.5 Å². The van der Waals surface area contributed by atoms with Crippen LogP contribution in [-0.4, -0.2) is 34.3 Å². The van der Waals surface area contributed by atoms with Gasteiger partial charge in [-0.25, -0.2) is 17.5 Å². The number of rotatable bonds is 9. The molecular formula is C20H22FNO7S. The fourth-order valence-corrected chi connectivity index (χ4v) is 3.88. The summed E-state index contributed by atoms with van der Waals surface area (Å²) < 4.78 is 61.5. The summed E-state index contributed by atoms with van der Waals surface area (Å²) in [6.07, 6.45) is -0.183. The van der Waals surface area contributed by atoms with Gasteiger partial charge >= 0.3 is 5.97 Å². The van der Waals surface area contributed by atoms with Gasteiger partial charge in [-0.3, -0.25) is 4.79 Å². The average molecular weight is 439 g/mol. The molecule has 30 heavy (non-hydrogen) atoms. The van der Waals surface area contributed by atoms with Crippen molar-refractivity contribution in [3.05, 3.63) is 53.3 Å². The molecule has 0 fully saturated rings. The van der Waals surface area contributed by atoms with Crippen molar-refractivity contribution in [2.24, 2.45) is 0 Å². The summed E-state index contributed by atoms with van der Waals surface area (Å²) >= 11 is 0. The van der Waals surface area contributed by atoms with Gasteiger partial charge in [0.15, 0.2) is 6.79 Å². The molecule has 0 aromatic heterocycles. The number of benzene rings is 2. The first-order chi connectivity index (χ1) is 14.4. The zero-order valence-electron chi connectivity index (χ0n) is 16.4. The molecule has 10 heteroatoms. The summed E-state index contributed by atoms with van der Waals surface area (Å²) in [5, 5.41) is 0. The van der Waals surface area contributed by atoms with E-state index in [4.69, 9.17) is 18.9 Å². The maximum atomic E-state index is 13.7. The average Bonchev–Trinajstić information content (AvgIpc) is 2.72. The van der Waals surface area contributed by atoms with Crippen molar-refractivity contribution in [2.45, 2.75) is 31.5 Å². The lowest BCUT2D eigenvalue weighted by Gasteiger charge is -2.20. The quantitative estimate of drug-likeness (QED) is 0.599. The second-order valence-corrected chi connectivity index (χ2v) is 8.14. The van der Waals surface area contributed by atoms with Crippen LogP contribution in [0.5, 0.6) is 11.5 Å². The first kappa shape index (κ1) is 22.0. The molecule has 0 atom stereocenters. The molecule has 162 valence electrons. The van der Waals surface area contributed by atoms with Crippen LogP contribution in [0.1, 0.15) is 24.5 Å². The topological polar surface area (TPSA) is 100 Å². The lowest BCUT2D eigenvalue weighted by Crippen LogP contribution is -2.26. The molecule has 0 aliphatic carbocycles. The van der Waals surface area contributed by atoms with Crippen molar-refractivity contribution in [1.82, 2.24) is 4.72 Å². The van der Waals surface area contributed by atoms with E-state index in [1.807, 2.05) is 6.92 Å². The predicted octanol–water partition coefficient (Wildman–Crippen LogP) is 2.50. The van der Waals surface area contributed by atoms with Gasteiger partial charge in [0.25, 0.3) is 0 Å². The molecule has 3 rings (SSSR count). The van der Waals surface area contributed by atoms with Crippen molar-refractivity contribution in [3.63, 3.8) is 0 Å². The summed E-state index contributed by atoms with van der Waals surface area (Å²) in [6.45, 7) is 2.22. The minimum absolute atomic E-state index is 0.0346. The van der Waals surface area contributed by atoms with E-state index in [0.717, 1.165) is 0 Å². The normalized spacial score (nSPS) is 13.3. The van der Waals surface area contributed by atoms with Crippen LogP contribution in [0.25, 0.3) is 0 Å². The molecule has 0 saturated heterocycles. The number of ether oxygens (including phenoxy) is 4. The first-order valence-corrected chi connectivity index (χ1v) is 10.8. The first-order valence-electron chi connectivity index (χ1n) is 9.29. The Labute approximate surface area is 173 Å². The van der Waals surface area contributed by atoms with Crippen LogP contribution >= 0.6 is 0 Å². The monoisotopic (exact) mass is 439 g/mol. The molecule has 0 amide bonds. The molecule has 2 aromatic carbocycles. The molecule has 1 N–H and O–H groups in total. The molecule has 1 aliphatic rings. The van der Waals surface area contributed by atoms with E-state index in [2.05, 4.69) is 4.72 Å². The number of halogens is 1. The van der Waals surface area contributed by atoms with Gasteiger partial charge in [0.2, 0.25) is 10.0 Å². The highest BCUT2D eigenvalue weighted by atomic mass is 32.2. The van der Waals surface area contributed by atoms with E-state index in [1.165, 1.54) is 24.3 Å². The van der Waals surface area contributed by atoms with Gasteiger partial charge in [0, 0.05) is 17.7 Å². The number of hydrogen-bond acceptors (Lipinski definition) is 7.